The fourth-order valence-electron chi connectivity index (χ4n) is 1.20. The van der Waals surface area contributed by atoms with Gasteiger partial charge in [-0.25, -0.2) is 8.42 Å². The molecule has 92 valence electrons. The Kier molecular flexibility index (Phi) is 5.39. The van der Waals surface area contributed by atoms with Crippen molar-refractivity contribution in [3.05, 3.63) is 15.9 Å². The molecule has 0 spiro atoms. The molecular formula is C9H14BrNO3S2. The summed E-state index contributed by atoms with van der Waals surface area (Å²) in [5.41, 5.74) is 0. The molecule has 4 nitrogen and oxygen atoms in total. The molecule has 0 fully saturated rings. The van der Waals surface area contributed by atoms with E-state index in [0.29, 0.717) is 23.9 Å². The lowest BCUT2D eigenvalue weighted by Gasteiger charge is -2.18. The van der Waals surface area contributed by atoms with E-state index in [1.807, 2.05) is 6.92 Å². The van der Waals surface area contributed by atoms with Gasteiger partial charge in [0.05, 0.1) is 10.4 Å². The van der Waals surface area contributed by atoms with Gasteiger partial charge in [0.1, 0.15) is 4.21 Å². The summed E-state index contributed by atoms with van der Waals surface area (Å²) < 4.78 is 31.8. The first kappa shape index (κ1) is 14.1. The molecule has 0 unspecified atom stereocenters. The Hall–Kier alpha value is 0.0500. The van der Waals surface area contributed by atoms with Gasteiger partial charge in [-0.2, -0.15) is 4.31 Å². The predicted octanol–water partition coefficient (Wildman–Crippen LogP) is 2.17. The lowest BCUT2D eigenvalue weighted by molar-refractivity contribution is 0.180. The van der Waals surface area contributed by atoms with Crippen molar-refractivity contribution in [1.82, 2.24) is 4.31 Å². The number of halogens is 1. The molecule has 0 saturated heterocycles. The smallest absolute Gasteiger partial charge is 0.252 e. The molecule has 1 aromatic rings. The number of thiophene rings is 1. The molecule has 0 N–H and O–H groups in total. The fraction of sp³-hybridized carbons (Fsp3) is 0.556. The number of likely N-dealkylation sites (N-methyl/N-ethyl adjacent to an activating group) is 1. The standard InChI is InChI=1S/C9H14BrNO3S2/c1-3-11(6-7-14-2)16(12,13)9-5-4-8(10)15-9/h4-5H,3,6-7H2,1-2H3. The van der Waals surface area contributed by atoms with E-state index in [2.05, 4.69) is 15.9 Å². The Labute approximate surface area is 108 Å². The number of ether oxygens (including phenoxy) is 1. The van der Waals surface area contributed by atoms with Crippen LogP contribution in [-0.4, -0.2) is 39.5 Å². The van der Waals surface area contributed by atoms with Crippen molar-refractivity contribution in [3.63, 3.8) is 0 Å². The zero-order valence-corrected chi connectivity index (χ0v) is 12.4. The summed E-state index contributed by atoms with van der Waals surface area (Å²) in [6.07, 6.45) is 0. The molecule has 0 aliphatic rings. The van der Waals surface area contributed by atoms with Crippen LogP contribution in [0.4, 0.5) is 0 Å². The third-order valence-corrected chi connectivity index (χ3v) is 6.11. The highest BCUT2D eigenvalue weighted by atomic mass is 79.9. The van der Waals surface area contributed by atoms with Crippen LogP contribution in [0.2, 0.25) is 0 Å². The molecule has 0 aliphatic heterocycles. The van der Waals surface area contributed by atoms with Crippen LogP contribution in [0.5, 0.6) is 0 Å². The van der Waals surface area contributed by atoms with E-state index < -0.39 is 10.0 Å². The number of sulfonamides is 1. The van der Waals surface area contributed by atoms with Crippen LogP contribution in [0.3, 0.4) is 0 Å². The fourth-order valence-corrected chi connectivity index (χ4v) is 4.80. The number of nitrogens with zero attached hydrogens (tertiary/aromatic N) is 1. The summed E-state index contributed by atoms with van der Waals surface area (Å²) in [7, 11) is -1.80. The molecule has 0 saturated carbocycles. The van der Waals surface area contributed by atoms with Crippen molar-refractivity contribution in [3.8, 4) is 0 Å². The van der Waals surface area contributed by atoms with E-state index in [0.717, 1.165) is 3.79 Å². The van der Waals surface area contributed by atoms with Gasteiger partial charge in [0.2, 0.25) is 0 Å². The van der Waals surface area contributed by atoms with E-state index in [-0.39, 0.29) is 0 Å². The Morgan fingerprint density at radius 3 is 2.62 bits per heavy atom. The average molecular weight is 328 g/mol. The Bertz CT molecular complexity index is 430. The molecule has 1 heterocycles. The third-order valence-electron chi connectivity index (χ3n) is 2.04. The van der Waals surface area contributed by atoms with Crippen LogP contribution in [0, 0.1) is 0 Å². The second-order valence-corrected chi connectivity index (χ2v) is 7.68. The van der Waals surface area contributed by atoms with Gasteiger partial charge < -0.3 is 4.74 Å². The van der Waals surface area contributed by atoms with E-state index in [4.69, 9.17) is 4.74 Å². The number of methoxy groups -OCH3 is 1. The van der Waals surface area contributed by atoms with Crippen molar-refractivity contribution in [2.45, 2.75) is 11.1 Å². The van der Waals surface area contributed by atoms with E-state index in [1.165, 1.54) is 15.6 Å². The van der Waals surface area contributed by atoms with Gasteiger partial charge in [-0.1, -0.05) is 6.92 Å². The van der Waals surface area contributed by atoms with Crippen molar-refractivity contribution in [2.24, 2.45) is 0 Å². The first-order valence-electron chi connectivity index (χ1n) is 4.76. The van der Waals surface area contributed by atoms with E-state index in [9.17, 15) is 8.42 Å². The zero-order chi connectivity index (χ0) is 12.2. The van der Waals surface area contributed by atoms with Crippen LogP contribution in [-0.2, 0) is 14.8 Å². The second-order valence-electron chi connectivity index (χ2n) is 3.05. The Morgan fingerprint density at radius 2 is 2.19 bits per heavy atom. The summed E-state index contributed by atoms with van der Waals surface area (Å²) in [6, 6.07) is 3.35. The molecule has 0 atom stereocenters. The molecule has 0 amide bonds. The van der Waals surface area contributed by atoms with Gasteiger partial charge in [-0.15, -0.1) is 11.3 Å². The molecular weight excluding hydrogens is 314 g/mol. The lowest BCUT2D eigenvalue weighted by atomic mass is 10.6. The Balaban J connectivity index is 2.90. The van der Waals surface area contributed by atoms with Crippen LogP contribution in [0.15, 0.2) is 20.1 Å². The SMILES string of the molecule is CCN(CCOC)S(=O)(=O)c1ccc(Br)s1. The summed E-state index contributed by atoms with van der Waals surface area (Å²) in [4.78, 5) is 0. The molecule has 0 aromatic carbocycles. The van der Waals surface area contributed by atoms with Crippen molar-refractivity contribution >= 4 is 37.3 Å². The average Bonchev–Trinajstić information content (AvgIpc) is 2.66. The molecule has 1 aromatic heterocycles. The van der Waals surface area contributed by atoms with Crippen LogP contribution in [0.1, 0.15) is 6.92 Å². The van der Waals surface area contributed by atoms with Gasteiger partial charge in [0.15, 0.2) is 0 Å². The zero-order valence-electron chi connectivity index (χ0n) is 9.14. The number of hydrogen-bond donors (Lipinski definition) is 0. The van der Waals surface area contributed by atoms with Crippen LogP contribution < -0.4 is 0 Å². The minimum absolute atomic E-state index is 0.359. The van der Waals surface area contributed by atoms with Crippen LogP contribution >= 0.6 is 27.3 Å². The quantitative estimate of drug-likeness (QED) is 0.804. The number of rotatable bonds is 6. The van der Waals surface area contributed by atoms with Gasteiger partial charge in [0, 0.05) is 20.2 Å². The van der Waals surface area contributed by atoms with Crippen molar-refractivity contribution < 1.29 is 13.2 Å². The maximum atomic E-state index is 12.1. The number of hydrogen-bond acceptors (Lipinski definition) is 4. The normalized spacial score (nSPS) is 12.2. The largest absolute Gasteiger partial charge is 0.383 e. The molecule has 0 aliphatic carbocycles. The minimum Gasteiger partial charge on any atom is -0.383 e. The lowest BCUT2D eigenvalue weighted by Crippen LogP contribution is -2.33. The van der Waals surface area contributed by atoms with Gasteiger partial charge in [-0.05, 0) is 28.1 Å². The highest BCUT2D eigenvalue weighted by Crippen LogP contribution is 2.28. The third kappa shape index (κ3) is 3.27. The maximum absolute atomic E-state index is 12.1. The molecule has 0 bridgehead atoms. The van der Waals surface area contributed by atoms with Gasteiger partial charge >= 0.3 is 0 Å². The highest BCUT2D eigenvalue weighted by Gasteiger charge is 2.24. The van der Waals surface area contributed by atoms with Crippen LogP contribution in [0.25, 0.3) is 0 Å². The predicted molar refractivity (Wildman–Crippen MR) is 68.3 cm³/mol. The van der Waals surface area contributed by atoms with E-state index >= 15 is 0 Å². The maximum Gasteiger partial charge on any atom is 0.252 e. The Morgan fingerprint density at radius 1 is 1.50 bits per heavy atom. The summed E-state index contributed by atoms with van der Waals surface area (Å²) in [5, 5.41) is 0. The summed E-state index contributed by atoms with van der Waals surface area (Å²) >= 11 is 4.48. The second kappa shape index (κ2) is 6.11. The first-order chi connectivity index (χ1) is 7.52. The summed E-state index contributed by atoms with van der Waals surface area (Å²) in [6.45, 7) is 3.04. The topological polar surface area (TPSA) is 46.6 Å². The van der Waals surface area contributed by atoms with Crippen molar-refractivity contribution in [2.75, 3.05) is 26.8 Å². The molecule has 0 radical (unpaired) electrons. The molecule has 16 heavy (non-hydrogen) atoms. The highest BCUT2D eigenvalue weighted by molar-refractivity contribution is 9.11. The minimum atomic E-state index is -3.36. The monoisotopic (exact) mass is 327 g/mol. The van der Waals surface area contributed by atoms with Gasteiger partial charge in [0.25, 0.3) is 10.0 Å². The van der Waals surface area contributed by atoms with Gasteiger partial charge in [-0.3, -0.25) is 0 Å². The first-order valence-corrected chi connectivity index (χ1v) is 7.81. The van der Waals surface area contributed by atoms with Crippen molar-refractivity contribution in [1.29, 1.82) is 0 Å². The van der Waals surface area contributed by atoms with E-state index in [1.54, 1.807) is 19.2 Å². The molecule has 1 rings (SSSR count). The summed E-state index contributed by atoms with van der Waals surface area (Å²) in [5.74, 6) is 0. The molecule has 7 heteroatoms.